The van der Waals surface area contributed by atoms with E-state index in [9.17, 15) is 4.39 Å². The molecule has 0 amide bonds. The van der Waals surface area contributed by atoms with Crippen LogP contribution in [0.2, 0.25) is 0 Å². The van der Waals surface area contributed by atoms with Gasteiger partial charge in [0.05, 0.1) is 5.39 Å². The molecule has 3 rings (SSSR count). The number of hydrogen-bond acceptors (Lipinski definition) is 5. The van der Waals surface area contributed by atoms with Gasteiger partial charge in [-0.25, -0.2) is 20.2 Å². The summed E-state index contributed by atoms with van der Waals surface area (Å²) >= 11 is 1.60. The summed E-state index contributed by atoms with van der Waals surface area (Å²) in [6.45, 7) is 4.06. The Balaban J connectivity index is 2.25. The zero-order valence-electron chi connectivity index (χ0n) is 11.1. The third-order valence-corrected chi connectivity index (χ3v) is 4.37. The molecule has 102 valence electrons. The fraction of sp³-hybridized carbons (Fsp3) is 0.143. The summed E-state index contributed by atoms with van der Waals surface area (Å²) in [5.74, 6) is 6.41. The number of anilines is 1. The summed E-state index contributed by atoms with van der Waals surface area (Å²) < 4.78 is 13.0. The molecule has 0 unspecified atom stereocenters. The van der Waals surface area contributed by atoms with E-state index >= 15 is 0 Å². The molecule has 0 fully saturated rings. The van der Waals surface area contributed by atoms with Crippen LogP contribution in [-0.2, 0) is 0 Å². The van der Waals surface area contributed by atoms with E-state index in [0.717, 1.165) is 21.3 Å². The molecule has 0 atom stereocenters. The number of benzene rings is 1. The van der Waals surface area contributed by atoms with Gasteiger partial charge in [0.2, 0.25) is 0 Å². The maximum absolute atomic E-state index is 13.0. The third kappa shape index (κ3) is 2.03. The summed E-state index contributed by atoms with van der Waals surface area (Å²) in [5.41, 5.74) is 4.51. The van der Waals surface area contributed by atoms with Gasteiger partial charge in [0.1, 0.15) is 10.6 Å². The zero-order chi connectivity index (χ0) is 14.3. The van der Waals surface area contributed by atoms with Crippen molar-refractivity contribution in [1.82, 2.24) is 9.97 Å². The van der Waals surface area contributed by atoms with Gasteiger partial charge in [0.25, 0.3) is 0 Å². The number of hydrazine groups is 1. The molecule has 2 aromatic heterocycles. The highest BCUT2D eigenvalue weighted by molar-refractivity contribution is 7.18. The van der Waals surface area contributed by atoms with E-state index < -0.39 is 0 Å². The van der Waals surface area contributed by atoms with E-state index in [1.165, 1.54) is 17.0 Å². The molecule has 0 aliphatic carbocycles. The summed E-state index contributed by atoms with van der Waals surface area (Å²) in [5, 5.41) is 0.945. The molecular weight excluding hydrogens is 275 g/mol. The predicted molar refractivity (Wildman–Crippen MR) is 80.1 cm³/mol. The van der Waals surface area contributed by atoms with E-state index in [1.807, 2.05) is 13.8 Å². The number of nitrogens with zero attached hydrogens (tertiary/aromatic N) is 2. The van der Waals surface area contributed by atoms with Crippen LogP contribution >= 0.6 is 11.3 Å². The standard InChI is InChI=1S/C14H13FN4S/c1-7-8(2)20-14-11(7)13(19-16)17-12(18-14)9-3-5-10(15)6-4-9/h3-6H,16H2,1-2H3,(H,17,18,19). The van der Waals surface area contributed by atoms with E-state index in [2.05, 4.69) is 15.4 Å². The first-order chi connectivity index (χ1) is 9.60. The highest BCUT2D eigenvalue weighted by atomic mass is 32.1. The highest BCUT2D eigenvalue weighted by Crippen LogP contribution is 2.34. The molecule has 3 N–H and O–H groups in total. The van der Waals surface area contributed by atoms with Crippen molar-refractivity contribution >= 4 is 27.4 Å². The second kappa shape index (κ2) is 4.81. The van der Waals surface area contributed by atoms with Gasteiger partial charge in [0, 0.05) is 10.4 Å². The molecule has 3 aromatic rings. The van der Waals surface area contributed by atoms with Crippen molar-refractivity contribution in [2.24, 2.45) is 5.84 Å². The Morgan fingerprint density at radius 3 is 2.50 bits per heavy atom. The second-order valence-electron chi connectivity index (χ2n) is 4.51. The van der Waals surface area contributed by atoms with Crippen LogP contribution in [0.3, 0.4) is 0 Å². The number of nitrogens with one attached hydrogen (secondary N) is 1. The van der Waals surface area contributed by atoms with Crippen LogP contribution in [0.15, 0.2) is 24.3 Å². The maximum Gasteiger partial charge on any atom is 0.163 e. The van der Waals surface area contributed by atoms with Crippen LogP contribution in [0, 0.1) is 19.7 Å². The molecule has 1 aromatic carbocycles. The fourth-order valence-corrected chi connectivity index (χ4v) is 3.11. The summed E-state index contributed by atoms with van der Waals surface area (Å²) in [4.78, 5) is 11.0. The molecule has 4 nitrogen and oxygen atoms in total. The second-order valence-corrected chi connectivity index (χ2v) is 5.71. The Hall–Kier alpha value is -2.05. The SMILES string of the molecule is Cc1sc2nc(-c3ccc(F)cc3)nc(NN)c2c1C. The van der Waals surface area contributed by atoms with E-state index in [-0.39, 0.29) is 5.82 Å². The van der Waals surface area contributed by atoms with Crippen molar-refractivity contribution in [3.63, 3.8) is 0 Å². The normalized spacial score (nSPS) is 11.0. The first kappa shape index (κ1) is 13.0. The summed E-state index contributed by atoms with van der Waals surface area (Å²) in [6, 6.07) is 6.10. The lowest BCUT2D eigenvalue weighted by atomic mass is 10.2. The fourth-order valence-electron chi connectivity index (χ4n) is 2.08. The molecule has 0 saturated carbocycles. The Morgan fingerprint density at radius 1 is 1.15 bits per heavy atom. The lowest BCUT2D eigenvalue weighted by Gasteiger charge is -2.06. The van der Waals surface area contributed by atoms with Crippen molar-refractivity contribution in [2.45, 2.75) is 13.8 Å². The lowest BCUT2D eigenvalue weighted by Crippen LogP contribution is -2.10. The topological polar surface area (TPSA) is 63.8 Å². The molecular formula is C14H13FN4S. The number of fused-ring (bicyclic) bond motifs is 1. The predicted octanol–water partition coefficient (Wildman–Crippen LogP) is 3.40. The number of rotatable bonds is 2. The number of nitrogens with two attached hydrogens (primary N) is 1. The molecule has 0 saturated heterocycles. The van der Waals surface area contributed by atoms with Gasteiger partial charge < -0.3 is 5.43 Å². The van der Waals surface area contributed by atoms with Crippen LogP contribution in [-0.4, -0.2) is 9.97 Å². The van der Waals surface area contributed by atoms with Gasteiger partial charge in [-0.2, -0.15) is 0 Å². The van der Waals surface area contributed by atoms with Gasteiger partial charge in [-0.3, -0.25) is 0 Å². The molecule has 2 heterocycles. The first-order valence-electron chi connectivity index (χ1n) is 6.10. The number of thiophene rings is 1. The number of hydrogen-bond donors (Lipinski definition) is 2. The number of aromatic nitrogens is 2. The van der Waals surface area contributed by atoms with Gasteiger partial charge in [-0.15, -0.1) is 11.3 Å². The molecule has 20 heavy (non-hydrogen) atoms. The minimum Gasteiger partial charge on any atom is -0.308 e. The monoisotopic (exact) mass is 288 g/mol. The minimum absolute atomic E-state index is 0.283. The average Bonchev–Trinajstić information content (AvgIpc) is 2.74. The molecule has 0 spiro atoms. The quantitative estimate of drug-likeness (QED) is 0.560. The summed E-state index contributed by atoms with van der Waals surface area (Å²) in [7, 11) is 0. The van der Waals surface area contributed by atoms with Gasteiger partial charge in [-0.1, -0.05) is 0 Å². The van der Waals surface area contributed by atoms with Crippen molar-refractivity contribution in [3.05, 3.63) is 40.5 Å². The van der Waals surface area contributed by atoms with Crippen LogP contribution in [0.1, 0.15) is 10.4 Å². The van der Waals surface area contributed by atoms with E-state index in [1.54, 1.807) is 23.5 Å². The lowest BCUT2D eigenvalue weighted by molar-refractivity contribution is 0.628. The zero-order valence-corrected chi connectivity index (χ0v) is 11.9. The molecule has 0 aliphatic rings. The van der Waals surface area contributed by atoms with Gasteiger partial charge >= 0.3 is 0 Å². The number of nitrogen functional groups attached to an aromatic ring is 1. The number of aryl methyl sites for hydroxylation is 2. The van der Waals surface area contributed by atoms with E-state index in [4.69, 9.17) is 5.84 Å². The minimum atomic E-state index is -0.283. The Kier molecular flexibility index (Phi) is 3.11. The molecule has 0 radical (unpaired) electrons. The summed E-state index contributed by atoms with van der Waals surface area (Å²) in [6.07, 6.45) is 0. The van der Waals surface area contributed by atoms with E-state index in [0.29, 0.717) is 11.6 Å². The van der Waals surface area contributed by atoms with Crippen molar-refractivity contribution in [1.29, 1.82) is 0 Å². The van der Waals surface area contributed by atoms with Crippen molar-refractivity contribution < 1.29 is 4.39 Å². The van der Waals surface area contributed by atoms with Crippen LogP contribution in [0.5, 0.6) is 0 Å². The third-order valence-electron chi connectivity index (χ3n) is 3.27. The number of halogens is 1. The van der Waals surface area contributed by atoms with Gasteiger partial charge in [-0.05, 0) is 43.7 Å². The maximum atomic E-state index is 13.0. The largest absolute Gasteiger partial charge is 0.308 e. The Bertz CT molecular complexity index is 780. The highest BCUT2D eigenvalue weighted by Gasteiger charge is 2.14. The van der Waals surface area contributed by atoms with Crippen molar-refractivity contribution in [2.75, 3.05) is 5.43 Å². The average molecular weight is 288 g/mol. The van der Waals surface area contributed by atoms with Crippen LogP contribution in [0.4, 0.5) is 10.2 Å². The Labute approximate surface area is 119 Å². The van der Waals surface area contributed by atoms with Crippen LogP contribution < -0.4 is 11.3 Å². The first-order valence-corrected chi connectivity index (χ1v) is 6.92. The molecule has 0 aliphatic heterocycles. The Morgan fingerprint density at radius 2 is 1.85 bits per heavy atom. The molecule has 0 bridgehead atoms. The molecule has 6 heteroatoms. The van der Waals surface area contributed by atoms with Gasteiger partial charge in [0.15, 0.2) is 11.6 Å². The van der Waals surface area contributed by atoms with Crippen molar-refractivity contribution in [3.8, 4) is 11.4 Å². The smallest absolute Gasteiger partial charge is 0.163 e. The van der Waals surface area contributed by atoms with Crippen LogP contribution in [0.25, 0.3) is 21.6 Å².